The molecular formula is C17H18N4O. The minimum absolute atomic E-state index is 0.0447. The molecule has 0 N–H and O–H groups in total. The zero-order valence-corrected chi connectivity index (χ0v) is 12.6. The van der Waals surface area contributed by atoms with Crippen molar-refractivity contribution in [1.29, 1.82) is 5.26 Å². The summed E-state index contributed by atoms with van der Waals surface area (Å²) in [5.74, 6) is 1.28. The largest absolute Gasteiger partial charge is 0.357 e. The van der Waals surface area contributed by atoms with E-state index in [1.807, 2.05) is 18.3 Å². The molecule has 5 heteroatoms. The van der Waals surface area contributed by atoms with Crippen LogP contribution in [0.5, 0.6) is 0 Å². The molecule has 3 heterocycles. The average Bonchev–Trinajstić information content (AvgIpc) is 2.57. The number of rotatable bonds is 2. The van der Waals surface area contributed by atoms with E-state index in [4.69, 9.17) is 5.26 Å². The maximum Gasteiger partial charge on any atom is 0.250 e. The number of anilines is 1. The van der Waals surface area contributed by atoms with E-state index < -0.39 is 0 Å². The first kappa shape index (κ1) is 14.3. The molecule has 0 atom stereocenters. The molecule has 0 aliphatic carbocycles. The van der Waals surface area contributed by atoms with E-state index in [1.165, 1.54) is 0 Å². The summed E-state index contributed by atoms with van der Waals surface area (Å²) < 4.78 is 1.59. The Labute approximate surface area is 129 Å². The molecule has 0 bridgehead atoms. The van der Waals surface area contributed by atoms with Crippen LogP contribution in [-0.4, -0.2) is 22.6 Å². The van der Waals surface area contributed by atoms with E-state index >= 15 is 0 Å². The number of aryl methyl sites for hydroxylation is 1. The van der Waals surface area contributed by atoms with Gasteiger partial charge in [0.05, 0.1) is 11.6 Å². The molecule has 0 saturated carbocycles. The highest BCUT2D eigenvalue weighted by atomic mass is 16.1. The second kappa shape index (κ2) is 6.02. The van der Waals surface area contributed by atoms with Gasteiger partial charge in [0.25, 0.3) is 5.56 Å². The summed E-state index contributed by atoms with van der Waals surface area (Å²) >= 11 is 0. The van der Waals surface area contributed by atoms with Crippen molar-refractivity contribution in [3.05, 3.63) is 58.1 Å². The first-order valence-corrected chi connectivity index (χ1v) is 7.45. The smallest absolute Gasteiger partial charge is 0.250 e. The van der Waals surface area contributed by atoms with E-state index in [0.29, 0.717) is 11.5 Å². The molecule has 5 nitrogen and oxygen atoms in total. The third kappa shape index (κ3) is 2.86. The van der Waals surface area contributed by atoms with Gasteiger partial charge in [0.1, 0.15) is 5.82 Å². The van der Waals surface area contributed by atoms with Gasteiger partial charge < -0.3 is 9.47 Å². The van der Waals surface area contributed by atoms with Crippen molar-refractivity contribution in [3.8, 4) is 6.07 Å². The van der Waals surface area contributed by atoms with Crippen molar-refractivity contribution in [2.24, 2.45) is 7.05 Å². The molecule has 1 saturated heterocycles. The molecular weight excluding hydrogens is 276 g/mol. The van der Waals surface area contributed by atoms with Gasteiger partial charge in [-0.3, -0.25) is 4.79 Å². The lowest BCUT2D eigenvalue weighted by Crippen LogP contribution is -2.33. The van der Waals surface area contributed by atoms with E-state index in [-0.39, 0.29) is 5.56 Å². The molecule has 1 fully saturated rings. The Hall–Kier alpha value is -2.61. The zero-order chi connectivity index (χ0) is 15.5. The van der Waals surface area contributed by atoms with E-state index in [2.05, 4.69) is 16.0 Å². The minimum Gasteiger partial charge on any atom is -0.357 e. The molecule has 0 radical (unpaired) electrons. The summed E-state index contributed by atoms with van der Waals surface area (Å²) in [6.45, 7) is 1.78. The number of aromatic nitrogens is 2. The highest BCUT2D eigenvalue weighted by Gasteiger charge is 2.22. The highest BCUT2D eigenvalue weighted by molar-refractivity contribution is 5.45. The summed E-state index contributed by atoms with van der Waals surface area (Å²) in [6.07, 6.45) is 5.50. The number of nitriles is 1. The maximum absolute atomic E-state index is 11.8. The van der Waals surface area contributed by atoms with Crippen molar-refractivity contribution >= 4 is 5.82 Å². The Balaban J connectivity index is 1.71. The second-order valence-corrected chi connectivity index (χ2v) is 5.69. The third-order valence-corrected chi connectivity index (χ3v) is 4.29. The number of pyridine rings is 2. The van der Waals surface area contributed by atoms with Crippen molar-refractivity contribution in [2.45, 2.75) is 18.8 Å². The van der Waals surface area contributed by atoms with Gasteiger partial charge >= 0.3 is 0 Å². The third-order valence-electron chi connectivity index (χ3n) is 4.29. The molecule has 0 aromatic carbocycles. The number of nitrogens with zero attached hydrogens (tertiary/aromatic N) is 4. The summed E-state index contributed by atoms with van der Waals surface area (Å²) in [7, 11) is 1.77. The summed E-state index contributed by atoms with van der Waals surface area (Å²) in [6, 6.07) is 9.48. The lowest BCUT2D eigenvalue weighted by Gasteiger charge is -2.33. The van der Waals surface area contributed by atoms with Gasteiger partial charge in [-0.15, -0.1) is 0 Å². The van der Waals surface area contributed by atoms with Crippen LogP contribution in [0.15, 0.2) is 41.5 Å². The molecule has 2 aromatic rings. The van der Waals surface area contributed by atoms with Crippen LogP contribution in [0.4, 0.5) is 5.82 Å². The molecule has 0 unspecified atom stereocenters. The van der Waals surface area contributed by atoms with E-state index in [0.717, 1.165) is 37.3 Å². The Morgan fingerprint density at radius 1 is 1.27 bits per heavy atom. The predicted octanol–water partition coefficient (Wildman–Crippen LogP) is 2.04. The normalized spacial score (nSPS) is 15.5. The molecule has 1 aliphatic rings. The Bertz CT molecular complexity index is 767. The van der Waals surface area contributed by atoms with Crippen molar-refractivity contribution in [2.75, 3.05) is 18.0 Å². The zero-order valence-electron chi connectivity index (χ0n) is 12.6. The molecule has 3 rings (SSSR count). The SMILES string of the molecule is Cn1ccc(C2CCN(c3cc(C#N)ccn3)CC2)cc1=O. The fraction of sp³-hybridized carbons (Fsp3) is 0.353. The van der Waals surface area contributed by atoms with Crippen LogP contribution in [0.2, 0.25) is 0 Å². The highest BCUT2D eigenvalue weighted by Crippen LogP contribution is 2.29. The standard InChI is InChI=1S/C17H18N4O/c1-20-7-3-15(11-17(20)22)14-4-8-21(9-5-14)16-10-13(12-18)2-6-19-16/h2-3,6-7,10-11,14H,4-5,8-9H2,1H3. The topological polar surface area (TPSA) is 61.9 Å². The minimum atomic E-state index is 0.0447. The quantitative estimate of drug-likeness (QED) is 0.850. The van der Waals surface area contributed by atoms with Crippen molar-refractivity contribution < 1.29 is 0 Å². The van der Waals surface area contributed by atoms with Gasteiger partial charge in [-0.1, -0.05) is 0 Å². The van der Waals surface area contributed by atoms with E-state index in [9.17, 15) is 4.79 Å². The van der Waals surface area contributed by atoms with Gasteiger partial charge in [-0.25, -0.2) is 4.98 Å². The first-order chi connectivity index (χ1) is 10.7. The lowest BCUT2D eigenvalue weighted by atomic mass is 9.90. The molecule has 1 aliphatic heterocycles. The fourth-order valence-corrected chi connectivity index (χ4v) is 2.92. The van der Waals surface area contributed by atoms with Crippen LogP contribution >= 0.6 is 0 Å². The van der Waals surface area contributed by atoms with Crippen LogP contribution in [0.3, 0.4) is 0 Å². The molecule has 0 amide bonds. The van der Waals surface area contributed by atoms with Gasteiger partial charge in [0.2, 0.25) is 0 Å². The number of hydrogen-bond donors (Lipinski definition) is 0. The van der Waals surface area contributed by atoms with Crippen LogP contribution in [0.25, 0.3) is 0 Å². The lowest BCUT2D eigenvalue weighted by molar-refractivity contribution is 0.501. The van der Waals surface area contributed by atoms with Crippen LogP contribution in [-0.2, 0) is 7.05 Å². The van der Waals surface area contributed by atoms with Crippen LogP contribution in [0, 0.1) is 11.3 Å². The van der Waals surface area contributed by atoms with Gasteiger partial charge in [-0.05, 0) is 42.5 Å². The summed E-state index contributed by atoms with van der Waals surface area (Å²) in [4.78, 5) is 18.3. The molecule has 2 aromatic heterocycles. The monoisotopic (exact) mass is 294 g/mol. The molecule has 22 heavy (non-hydrogen) atoms. The fourth-order valence-electron chi connectivity index (χ4n) is 2.92. The van der Waals surface area contributed by atoms with Crippen molar-refractivity contribution in [1.82, 2.24) is 9.55 Å². The van der Waals surface area contributed by atoms with Gasteiger partial charge in [0, 0.05) is 38.6 Å². The Morgan fingerprint density at radius 2 is 2.05 bits per heavy atom. The van der Waals surface area contributed by atoms with Crippen LogP contribution < -0.4 is 10.5 Å². The van der Waals surface area contributed by atoms with Crippen LogP contribution in [0.1, 0.15) is 29.9 Å². The first-order valence-electron chi connectivity index (χ1n) is 7.45. The second-order valence-electron chi connectivity index (χ2n) is 5.69. The Morgan fingerprint density at radius 3 is 2.73 bits per heavy atom. The average molecular weight is 294 g/mol. The summed E-state index contributed by atoms with van der Waals surface area (Å²) in [5.41, 5.74) is 1.81. The predicted molar refractivity (Wildman–Crippen MR) is 84.8 cm³/mol. The van der Waals surface area contributed by atoms with E-state index in [1.54, 1.807) is 29.9 Å². The van der Waals surface area contributed by atoms with Gasteiger partial charge in [-0.2, -0.15) is 5.26 Å². The molecule has 112 valence electrons. The van der Waals surface area contributed by atoms with Gasteiger partial charge in [0.15, 0.2) is 0 Å². The number of piperidine rings is 1. The van der Waals surface area contributed by atoms with Crippen molar-refractivity contribution in [3.63, 3.8) is 0 Å². The Kier molecular flexibility index (Phi) is 3.92. The number of hydrogen-bond acceptors (Lipinski definition) is 4. The molecule has 0 spiro atoms. The summed E-state index contributed by atoms with van der Waals surface area (Å²) in [5, 5.41) is 8.97. The maximum atomic E-state index is 11.8.